The Hall–Kier alpha value is -2.60. The van der Waals surface area contributed by atoms with Crippen molar-refractivity contribution >= 4 is 27.7 Å². The number of para-hydroxylation sites is 1. The highest BCUT2D eigenvalue weighted by Crippen LogP contribution is 2.34. The highest BCUT2D eigenvalue weighted by molar-refractivity contribution is 7.84. The third-order valence-corrected chi connectivity index (χ3v) is 4.62. The number of aromatic nitrogens is 1. The zero-order valence-electron chi connectivity index (χ0n) is 12.6. The number of methoxy groups -OCH3 is 1. The molecule has 23 heavy (non-hydrogen) atoms. The van der Waals surface area contributed by atoms with Crippen molar-refractivity contribution in [3.8, 4) is 11.4 Å². The van der Waals surface area contributed by atoms with Crippen LogP contribution in [0.25, 0.3) is 16.6 Å². The van der Waals surface area contributed by atoms with Crippen molar-refractivity contribution in [1.82, 2.24) is 4.57 Å². The van der Waals surface area contributed by atoms with Crippen molar-refractivity contribution < 1.29 is 18.8 Å². The number of fused-ring (bicyclic) bond motifs is 1. The predicted octanol–water partition coefficient (Wildman–Crippen LogP) is 3.07. The second-order valence-corrected chi connectivity index (χ2v) is 6.31. The molecule has 6 heteroatoms. The first-order chi connectivity index (χ1) is 11.0. The molecule has 5 nitrogen and oxygen atoms in total. The molecule has 0 aliphatic heterocycles. The van der Waals surface area contributed by atoms with Crippen molar-refractivity contribution in [3.05, 3.63) is 54.2 Å². The summed E-state index contributed by atoms with van der Waals surface area (Å²) in [6.45, 7) is 0. The molecule has 0 aliphatic rings. The average molecular weight is 329 g/mol. The van der Waals surface area contributed by atoms with Crippen molar-refractivity contribution in [1.29, 1.82) is 0 Å². The Labute approximate surface area is 135 Å². The quantitative estimate of drug-likeness (QED) is 0.799. The molecule has 0 saturated carbocycles. The molecule has 0 radical (unpaired) electrons. The van der Waals surface area contributed by atoms with Gasteiger partial charge in [-0.3, -0.25) is 4.21 Å². The van der Waals surface area contributed by atoms with E-state index in [0.717, 1.165) is 0 Å². The van der Waals surface area contributed by atoms with Crippen molar-refractivity contribution in [2.75, 3.05) is 13.4 Å². The minimum atomic E-state index is -1.46. The fourth-order valence-corrected chi connectivity index (χ4v) is 3.62. The summed E-state index contributed by atoms with van der Waals surface area (Å²) < 4.78 is 19.1. The molecule has 2 aromatic carbocycles. The summed E-state index contributed by atoms with van der Waals surface area (Å²) in [6, 6.07) is 14.4. The zero-order valence-corrected chi connectivity index (χ0v) is 13.5. The fraction of sp³-hybridized carbons (Fsp3) is 0.118. The molecule has 0 bridgehead atoms. The second kappa shape index (κ2) is 5.89. The Kier molecular flexibility index (Phi) is 3.92. The lowest BCUT2D eigenvalue weighted by Crippen LogP contribution is -2.09. The molecule has 1 unspecified atom stereocenters. The van der Waals surface area contributed by atoms with Gasteiger partial charge in [-0.1, -0.05) is 18.2 Å². The maximum atomic E-state index is 12.2. The average Bonchev–Trinajstić information content (AvgIpc) is 2.90. The van der Waals surface area contributed by atoms with Crippen LogP contribution < -0.4 is 4.74 Å². The van der Waals surface area contributed by atoms with E-state index in [1.54, 1.807) is 22.8 Å². The van der Waals surface area contributed by atoms with Gasteiger partial charge in [-0.25, -0.2) is 4.79 Å². The first-order valence-corrected chi connectivity index (χ1v) is 8.45. The molecule has 3 aromatic rings. The molecular formula is C17H15NO4S. The van der Waals surface area contributed by atoms with E-state index in [2.05, 4.69) is 0 Å². The number of ether oxygens (including phenoxy) is 1. The molecule has 0 fully saturated rings. The van der Waals surface area contributed by atoms with Crippen LogP contribution in [0.5, 0.6) is 5.75 Å². The van der Waals surface area contributed by atoms with Gasteiger partial charge >= 0.3 is 5.97 Å². The zero-order chi connectivity index (χ0) is 16.6. The lowest BCUT2D eigenvalue weighted by molar-refractivity contribution is 0.0684. The monoisotopic (exact) mass is 329 g/mol. The van der Waals surface area contributed by atoms with Gasteiger partial charge in [-0.15, -0.1) is 0 Å². The second-order valence-electron chi connectivity index (χ2n) is 4.99. The van der Waals surface area contributed by atoms with Crippen molar-refractivity contribution in [2.45, 2.75) is 4.90 Å². The van der Waals surface area contributed by atoms with E-state index in [1.165, 1.54) is 13.4 Å². The van der Waals surface area contributed by atoms with Crippen LogP contribution in [-0.2, 0) is 10.8 Å². The number of benzene rings is 2. The number of rotatable bonds is 4. The Bertz CT molecular complexity index is 915. The molecule has 0 spiro atoms. The maximum absolute atomic E-state index is 12.2. The number of hydrogen-bond acceptors (Lipinski definition) is 3. The summed E-state index contributed by atoms with van der Waals surface area (Å²) in [6.07, 6.45) is 1.48. The number of carbonyl (C=O) groups is 1. The van der Waals surface area contributed by atoms with E-state index >= 15 is 0 Å². The molecule has 0 saturated heterocycles. The van der Waals surface area contributed by atoms with E-state index in [0.29, 0.717) is 27.2 Å². The molecule has 0 aliphatic carbocycles. The Morgan fingerprint density at radius 1 is 1.17 bits per heavy atom. The van der Waals surface area contributed by atoms with E-state index in [1.807, 2.05) is 30.3 Å². The van der Waals surface area contributed by atoms with E-state index in [9.17, 15) is 14.1 Å². The van der Waals surface area contributed by atoms with Gasteiger partial charge in [0.15, 0.2) is 0 Å². The number of nitrogens with zero attached hydrogens (tertiary/aromatic N) is 1. The van der Waals surface area contributed by atoms with Crippen LogP contribution in [0.2, 0.25) is 0 Å². The highest BCUT2D eigenvalue weighted by atomic mass is 32.2. The summed E-state index contributed by atoms with van der Waals surface area (Å²) in [5.74, 6) is -0.527. The summed E-state index contributed by atoms with van der Waals surface area (Å²) in [7, 11) is 0.0817. The predicted molar refractivity (Wildman–Crippen MR) is 89.1 cm³/mol. The third-order valence-electron chi connectivity index (χ3n) is 3.63. The van der Waals surface area contributed by atoms with Gasteiger partial charge in [0.2, 0.25) is 0 Å². The number of carboxylic acid groups (broad SMARTS) is 1. The van der Waals surface area contributed by atoms with E-state index < -0.39 is 16.8 Å². The van der Waals surface area contributed by atoms with Crippen LogP contribution in [0.1, 0.15) is 10.5 Å². The van der Waals surface area contributed by atoms with Crippen LogP contribution in [-0.4, -0.2) is 33.2 Å². The molecule has 3 rings (SSSR count). The highest BCUT2D eigenvalue weighted by Gasteiger charge is 2.25. The summed E-state index contributed by atoms with van der Waals surface area (Å²) in [4.78, 5) is 12.2. The van der Waals surface area contributed by atoms with Crippen molar-refractivity contribution in [3.63, 3.8) is 0 Å². The Morgan fingerprint density at radius 3 is 2.43 bits per heavy atom. The van der Waals surface area contributed by atoms with Crippen LogP contribution >= 0.6 is 0 Å². The van der Waals surface area contributed by atoms with Crippen LogP contribution in [0.3, 0.4) is 0 Å². The lowest BCUT2D eigenvalue weighted by atomic mass is 10.2. The smallest absolute Gasteiger partial charge is 0.354 e. The van der Waals surface area contributed by atoms with Crippen LogP contribution in [0.15, 0.2) is 53.4 Å². The topological polar surface area (TPSA) is 68.5 Å². The first-order valence-electron chi connectivity index (χ1n) is 6.89. The lowest BCUT2D eigenvalue weighted by Gasteiger charge is -2.08. The van der Waals surface area contributed by atoms with Gasteiger partial charge in [0.25, 0.3) is 0 Å². The largest absolute Gasteiger partial charge is 0.497 e. The molecule has 1 atom stereocenters. The standard InChI is InChI=1S/C17H15NO4S/c1-22-12-8-9-14-13(10-12)16(23(2)21)15(17(19)20)18(14)11-6-4-3-5-7-11/h3-10H,1-2H3,(H,19,20). The Balaban J connectivity index is 2.49. The Morgan fingerprint density at radius 2 is 1.87 bits per heavy atom. The van der Waals surface area contributed by atoms with Crippen LogP contribution in [0.4, 0.5) is 0 Å². The summed E-state index contributed by atoms with van der Waals surface area (Å²) in [5, 5.41) is 10.3. The van der Waals surface area contributed by atoms with E-state index in [-0.39, 0.29) is 5.69 Å². The summed E-state index contributed by atoms with van der Waals surface area (Å²) >= 11 is 0. The summed E-state index contributed by atoms with van der Waals surface area (Å²) in [5.41, 5.74) is 1.40. The SMILES string of the molecule is COc1ccc2c(c1)c(S(C)=O)c(C(=O)O)n2-c1ccccc1. The van der Waals surface area contributed by atoms with Gasteiger partial charge in [0.1, 0.15) is 11.4 Å². The fourth-order valence-electron chi connectivity index (χ4n) is 2.70. The maximum Gasteiger partial charge on any atom is 0.354 e. The molecule has 1 N–H and O–H groups in total. The molecule has 1 heterocycles. The van der Waals surface area contributed by atoms with Gasteiger partial charge in [-0.2, -0.15) is 0 Å². The molecular weight excluding hydrogens is 314 g/mol. The molecule has 118 valence electrons. The van der Waals surface area contributed by atoms with Gasteiger partial charge in [0, 0.05) is 17.3 Å². The first kappa shape index (κ1) is 15.3. The van der Waals surface area contributed by atoms with Gasteiger partial charge in [-0.05, 0) is 30.3 Å². The van der Waals surface area contributed by atoms with Gasteiger partial charge < -0.3 is 14.4 Å². The minimum absolute atomic E-state index is 0.0142. The number of aromatic carboxylic acids is 1. The molecule has 1 aromatic heterocycles. The van der Waals surface area contributed by atoms with Crippen molar-refractivity contribution in [2.24, 2.45) is 0 Å². The normalized spacial score (nSPS) is 12.3. The molecule has 0 amide bonds. The minimum Gasteiger partial charge on any atom is -0.497 e. The number of carboxylic acids is 1. The third kappa shape index (κ3) is 2.51. The van der Waals surface area contributed by atoms with Gasteiger partial charge in [0.05, 0.1) is 28.3 Å². The van der Waals surface area contributed by atoms with Crippen LogP contribution in [0, 0.1) is 0 Å². The number of hydrogen-bond donors (Lipinski definition) is 1. The van der Waals surface area contributed by atoms with E-state index in [4.69, 9.17) is 4.74 Å².